The minimum Gasteiger partial charge on any atom is -0.491 e. The molecule has 162 valence electrons. The SMILES string of the molecule is Cc1ccc(OCCO)cc1-c1ccnc(NC(=O)c2nnc(Cc3ccccc3)[nH]2)c1. The van der Waals surface area contributed by atoms with E-state index >= 15 is 0 Å². The van der Waals surface area contributed by atoms with E-state index in [0.717, 1.165) is 22.3 Å². The number of carbonyl (C=O) groups is 1. The molecule has 8 nitrogen and oxygen atoms in total. The predicted octanol–water partition coefficient (Wildman–Crippen LogP) is 3.39. The van der Waals surface area contributed by atoms with Crippen molar-refractivity contribution in [3.63, 3.8) is 0 Å². The van der Waals surface area contributed by atoms with Crippen molar-refractivity contribution in [1.82, 2.24) is 20.2 Å². The lowest BCUT2D eigenvalue weighted by Gasteiger charge is -2.11. The molecule has 0 aliphatic heterocycles. The maximum Gasteiger partial charge on any atom is 0.294 e. The number of pyridine rings is 1. The average Bonchev–Trinajstić information content (AvgIpc) is 3.28. The zero-order chi connectivity index (χ0) is 22.3. The lowest BCUT2D eigenvalue weighted by atomic mass is 10.0. The zero-order valence-electron chi connectivity index (χ0n) is 17.6. The second-order valence-corrected chi connectivity index (χ2v) is 7.22. The van der Waals surface area contributed by atoms with Gasteiger partial charge in [-0.25, -0.2) is 4.98 Å². The van der Waals surface area contributed by atoms with E-state index in [9.17, 15) is 4.79 Å². The number of aryl methyl sites for hydroxylation is 1. The quantitative estimate of drug-likeness (QED) is 0.396. The first-order valence-electron chi connectivity index (χ1n) is 10.2. The zero-order valence-corrected chi connectivity index (χ0v) is 17.6. The fraction of sp³-hybridized carbons (Fsp3) is 0.167. The van der Waals surface area contributed by atoms with Gasteiger partial charge in [-0.05, 0) is 53.4 Å². The van der Waals surface area contributed by atoms with Crippen LogP contribution >= 0.6 is 0 Å². The molecule has 0 bridgehead atoms. The van der Waals surface area contributed by atoms with E-state index < -0.39 is 5.91 Å². The molecule has 0 saturated carbocycles. The molecule has 0 spiro atoms. The van der Waals surface area contributed by atoms with Crippen LogP contribution < -0.4 is 10.1 Å². The van der Waals surface area contributed by atoms with Gasteiger partial charge in [0.25, 0.3) is 5.91 Å². The second-order valence-electron chi connectivity index (χ2n) is 7.22. The molecule has 0 aliphatic rings. The third kappa shape index (κ3) is 5.16. The number of aromatic nitrogens is 4. The highest BCUT2D eigenvalue weighted by molar-refractivity contribution is 6.01. The van der Waals surface area contributed by atoms with Crippen molar-refractivity contribution in [2.75, 3.05) is 18.5 Å². The summed E-state index contributed by atoms with van der Waals surface area (Å²) in [7, 11) is 0. The number of aromatic amines is 1. The Hall–Kier alpha value is -4.04. The normalized spacial score (nSPS) is 10.7. The molecule has 4 rings (SSSR count). The number of nitrogens with one attached hydrogen (secondary N) is 2. The molecule has 0 aliphatic carbocycles. The van der Waals surface area contributed by atoms with Gasteiger partial charge in [0.1, 0.15) is 24.0 Å². The van der Waals surface area contributed by atoms with Gasteiger partial charge in [0.2, 0.25) is 5.82 Å². The largest absolute Gasteiger partial charge is 0.491 e. The fourth-order valence-corrected chi connectivity index (χ4v) is 3.28. The molecule has 2 aromatic carbocycles. The summed E-state index contributed by atoms with van der Waals surface area (Å²) in [5.41, 5.74) is 3.95. The highest BCUT2D eigenvalue weighted by Gasteiger charge is 2.14. The average molecular weight is 429 g/mol. The fourth-order valence-electron chi connectivity index (χ4n) is 3.28. The molecule has 2 aromatic heterocycles. The number of hydrogen-bond donors (Lipinski definition) is 3. The van der Waals surface area contributed by atoms with Crippen LogP contribution in [0.15, 0.2) is 66.9 Å². The van der Waals surface area contributed by atoms with E-state index in [-0.39, 0.29) is 19.0 Å². The minimum atomic E-state index is -0.418. The van der Waals surface area contributed by atoms with Crippen LogP contribution in [0.5, 0.6) is 5.75 Å². The number of H-pyrrole nitrogens is 1. The van der Waals surface area contributed by atoms with Gasteiger partial charge in [0, 0.05) is 12.6 Å². The van der Waals surface area contributed by atoms with Gasteiger partial charge in [0.15, 0.2) is 0 Å². The Morgan fingerprint density at radius 2 is 1.94 bits per heavy atom. The highest BCUT2D eigenvalue weighted by atomic mass is 16.5. The number of aliphatic hydroxyl groups excluding tert-OH is 1. The Kier molecular flexibility index (Phi) is 6.52. The molecule has 0 saturated heterocycles. The van der Waals surface area contributed by atoms with Crippen molar-refractivity contribution < 1.29 is 14.6 Å². The maximum absolute atomic E-state index is 12.6. The van der Waals surface area contributed by atoms with Crippen molar-refractivity contribution in [3.8, 4) is 16.9 Å². The van der Waals surface area contributed by atoms with E-state index in [2.05, 4.69) is 25.5 Å². The van der Waals surface area contributed by atoms with Gasteiger partial charge in [0.05, 0.1) is 6.61 Å². The maximum atomic E-state index is 12.6. The molecule has 0 radical (unpaired) electrons. The summed E-state index contributed by atoms with van der Waals surface area (Å²) < 4.78 is 5.52. The van der Waals surface area contributed by atoms with Crippen LogP contribution in [-0.4, -0.2) is 44.4 Å². The molecule has 0 unspecified atom stereocenters. The van der Waals surface area contributed by atoms with Gasteiger partial charge in [-0.1, -0.05) is 36.4 Å². The summed E-state index contributed by atoms with van der Waals surface area (Å²) in [6.07, 6.45) is 2.19. The van der Waals surface area contributed by atoms with E-state index in [1.165, 1.54) is 0 Å². The Morgan fingerprint density at radius 3 is 2.75 bits per heavy atom. The van der Waals surface area contributed by atoms with Gasteiger partial charge >= 0.3 is 0 Å². The van der Waals surface area contributed by atoms with Crippen molar-refractivity contribution >= 4 is 11.7 Å². The summed E-state index contributed by atoms with van der Waals surface area (Å²) in [5, 5.41) is 19.8. The van der Waals surface area contributed by atoms with Gasteiger partial charge < -0.3 is 20.1 Å². The number of anilines is 1. The summed E-state index contributed by atoms with van der Waals surface area (Å²) in [6, 6.07) is 19.2. The minimum absolute atomic E-state index is 0.0522. The summed E-state index contributed by atoms with van der Waals surface area (Å²) in [5.74, 6) is 1.37. The Morgan fingerprint density at radius 1 is 1.09 bits per heavy atom. The Bertz CT molecular complexity index is 1210. The molecule has 2 heterocycles. The van der Waals surface area contributed by atoms with Crippen LogP contribution in [0, 0.1) is 6.92 Å². The van der Waals surface area contributed by atoms with Gasteiger partial charge in [-0.3, -0.25) is 4.79 Å². The highest BCUT2D eigenvalue weighted by Crippen LogP contribution is 2.28. The van der Waals surface area contributed by atoms with Crippen molar-refractivity contribution in [3.05, 3.63) is 89.6 Å². The standard InChI is InChI=1S/C24H23N5O3/c1-16-7-8-19(32-12-11-30)15-20(16)18-9-10-25-21(14-18)27-24(31)23-26-22(28-29-23)13-17-5-3-2-4-6-17/h2-10,14-15,30H,11-13H2,1H3,(H,25,27,31)(H,26,28,29). The number of carbonyl (C=O) groups excluding carboxylic acids is 1. The number of aliphatic hydroxyl groups is 1. The van der Waals surface area contributed by atoms with E-state index in [1.807, 2.05) is 61.5 Å². The topological polar surface area (TPSA) is 113 Å². The monoisotopic (exact) mass is 429 g/mol. The Balaban J connectivity index is 1.48. The first-order valence-corrected chi connectivity index (χ1v) is 10.2. The first-order chi connectivity index (χ1) is 15.6. The number of ether oxygens (including phenoxy) is 1. The van der Waals surface area contributed by atoms with Crippen LogP contribution in [0.2, 0.25) is 0 Å². The summed E-state index contributed by atoms with van der Waals surface area (Å²) in [6.45, 7) is 2.17. The molecule has 0 fully saturated rings. The Labute approximate surface area is 185 Å². The lowest BCUT2D eigenvalue weighted by Crippen LogP contribution is -2.14. The first kappa shape index (κ1) is 21.2. The number of nitrogens with zero attached hydrogens (tertiary/aromatic N) is 3. The molecular formula is C24H23N5O3. The molecule has 32 heavy (non-hydrogen) atoms. The van der Waals surface area contributed by atoms with Crippen molar-refractivity contribution in [2.45, 2.75) is 13.3 Å². The predicted molar refractivity (Wildman–Crippen MR) is 121 cm³/mol. The summed E-state index contributed by atoms with van der Waals surface area (Å²) in [4.78, 5) is 19.9. The van der Waals surface area contributed by atoms with Crippen LogP contribution in [-0.2, 0) is 6.42 Å². The van der Waals surface area contributed by atoms with E-state index in [0.29, 0.717) is 23.8 Å². The molecule has 4 aromatic rings. The van der Waals surface area contributed by atoms with Crippen LogP contribution in [0.1, 0.15) is 27.6 Å². The van der Waals surface area contributed by atoms with E-state index in [1.54, 1.807) is 12.3 Å². The molecule has 0 atom stereocenters. The third-order valence-corrected chi connectivity index (χ3v) is 4.84. The van der Waals surface area contributed by atoms with Crippen LogP contribution in [0.3, 0.4) is 0 Å². The van der Waals surface area contributed by atoms with Gasteiger partial charge in [-0.2, -0.15) is 0 Å². The number of benzene rings is 2. The van der Waals surface area contributed by atoms with Crippen molar-refractivity contribution in [1.29, 1.82) is 0 Å². The molecular weight excluding hydrogens is 406 g/mol. The number of amides is 1. The summed E-state index contributed by atoms with van der Waals surface area (Å²) >= 11 is 0. The van der Waals surface area contributed by atoms with Gasteiger partial charge in [-0.15, -0.1) is 10.2 Å². The van der Waals surface area contributed by atoms with Crippen molar-refractivity contribution in [2.24, 2.45) is 0 Å². The molecule has 8 heteroatoms. The lowest BCUT2D eigenvalue weighted by molar-refractivity contribution is 0.101. The smallest absolute Gasteiger partial charge is 0.294 e. The van der Waals surface area contributed by atoms with E-state index in [4.69, 9.17) is 9.84 Å². The molecule has 3 N–H and O–H groups in total. The van der Waals surface area contributed by atoms with Crippen LogP contribution in [0.4, 0.5) is 5.82 Å². The third-order valence-electron chi connectivity index (χ3n) is 4.84. The number of hydrogen-bond acceptors (Lipinski definition) is 6. The molecule has 1 amide bonds. The number of rotatable bonds is 8. The second kappa shape index (κ2) is 9.84. The van der Waals surface area contributed by atoms with Crippen LogP contribution in [0.25, 0.3) is 11.1 Å².